The monoisotopic (exact) mass is 282 g/mol. The highest BCUT2D eigenvalue weighted by molar-refractivity contribution is 5.98. The van der Waals surface area contributed by atoms with Gasteiger partial charge in [0, 0.05) is 11.8 Å². The summed E-state index contributed by atoms with van der Waals surface area (Å²) in [5.41, 5.74) is -0.528. The third-order valence-electron chi connectivity index (χ3n) is 2.97. The summed E-state index contributed by atoms with van der Waals surface area (Å²) in [6.07, 6.45) is -2.94. The van der Waals surface area contributed by atoms with E-state index >= 15 is 0 Å². The van der Waals surface area contributed by atoms with Crippen LogP contribution >= 0.6 is 0 Å². The number of alkyl halides is 3. The Balaban J connectivity index is 2.29. The van der Waals surface area contributed by atoms with Crippen molar-refractivity contribution in [3.05, 3.63) is 53.9 Å². The van der Waals surface area contributed by atoms with E-state index in [1.165, 1.54) is 6.20 Å². The lowest BCUT2D eigenvalue weighted by Gasteiger charge is -2.14. The fraction of sp³-hybridized carbons (Fsp3) is 0.286. The van der Waals surface area contributed by atoms with Gasteiger partial charge in [0.2, 0.25) is 0 Å². The molecule has 0 aliphatic heterocycles. The van der Waals surface area contributed by atoms with Gasteiger partial charge >= 0.3 is 6.18 Å². The number of ketones is 1. The van der Waals surface area contributed by atoms with E-state index in [1.54, 1.807) is 37.3 Å². The molecule has 0 amide bonds. The van der Waals surface area contributed by atoms with Gasteiger partial charge in [-0.15, -0.1) is 0 Å². The van der Waals surface area contributed by atoms with Crippen molar-refractivity contribution in [2.24, 2.45) is 0 Å². The standard InChI is InChI=1S/C14H13F3N2O/c1-2-11(13(20)10-6-4-3-5-7-10)19-9-8-12(18-19)14(15,16)17/h3-9,11H,2H2,1H3. The van der Waals surface area contributed by atoms with Gasteiger partial charge in [-0.3, -0.25) is 9.48 Å². The van der Waals surface area contributed by atoms with Crippen LogP contribution in [-0.2, 0) is 6.18 Å². The van der Waals surface area contributed by atoms with Crippen LogP contribution in [0.5, 0.6) is 0 Å². The average Bonchev–Trinajstić information content (AvgIpc) is 2.90. The molecule has 0 saturated carbocycles. The van der Waals surface area contributed by atoms with E-state index in [9.17, 15) is 18.0 Å². The van der Waals surface area contributed by atoms with Crippen molar-refractivity contribution in [2.75, 3.05) is 0 Å². The van der Waals surface area contributed by atoms with Crippen LogP contribution in [0.2, 0.25) is 0 Å². The fourth-order valence-corrected chi connectivity index (χ4v) is 1.95. The first-order valence-corrected chi connectivity index (χ1v) is 6.15. The number of benzene rings is 1. The van der Waals surface area contributed by atoms with Crippen LogP contribution in [0.15, 0.2) is 42.6 Å². The molecular formula is C14H13F3N2O. The van der Waals surface area contributed by atoms with Crippen LogP contribution in [0.4, 0.5) is 13.2 Å². The van der Waals surface area contributed by atoms with Gasteiger partial charge in [-0.25, -0.2) is 0 Å². The van der Waals surface area contributed by atoms with E-state index in [0.29, 0.717) is 12.0 Å². The molecule has 0 bridgehead atoms. The molecule has 2 rings (SSSR count). The van der Waals surface area contributed by atoms with Crippen LogP contribution in [0.25, 0.3) is 0 Å². The van der Waals surface area contributed by atoms with Crippen molar-refractivity contribution in [1.82, 2.24) is 9.78 Å². The van der Waals surface area contributed by atoms with Crippen LogP contribution < -0.4 is 0 Å². The Kier molecular flexibility index (Phi) is 3.92. The SMILES string of the molecule is CCC(C(=O)c1ccccc1)n1ccc(C(F)(F)F)n1. The number of hydrogen-bond acceptors (Lipinski definition) is 2. The Morgan fingerprint density at radius 2 is 1.90 bits per heavy atom. The van der Waals surface area contributed by atoms with Crippen molar-refractivity contribution >= 4 is 5.78 Å². The van der Waals surface area contributed by atoms with Crippen molar-refractivity contribution in [1.29, 1.82) is 0 Å². The molecule has 1 atom stereocenters. The quantitative estimate of drug-likeness (QED) is 0.801. The molecule has 1 unspecified atom stereocenters. The number of carbonyl (C=O) groups excluding carboxylic acids is 1. The van der Waals surface area contributed by atoms with E-state index in [2.05, 4.69) is 5.10 Å². The molecule has 20 heavy (non-hydrogen) atoms. The minimum absolute atomic E-state index is 0.245. The van der Waals surface area contributed by atoms with E-state index in [4.69, 9.17) is 0 Å². The van der Waals surface area contributed by atoms with Gasteiger partial charge in [-0.1, -0.05) is 37.3 Å². The summed E-state index contributed by atoms with van der Waals surface area (Å²) in [6, 6.07) is 8.62. The Morgan fingerprint density at radius 3 is 2.40 bits per heavy atom. The van der Waals surface area contributed by atoms with Crippen LogP contribution in [-0.4, -0.2) is 15.6 Å². The van der Waals surface area contributed by atoms with Gasteiger partial charge in [0.15, 0.2) is 11.5 Å². The average molecular weight is 282 g/mol. The summed E-state index contributed by atoms with van der Waals surface area (Å²) in [7, 11) is 0. The largest absolute Gasteiger partial charge is 0.435 e. The number of rotatable bonds is 4. The molecule has 0 N–H and O–H groups in total. The summed E-state index contributed by atoms with van der Waals surface area (Å²) in [5, 5.41) is 3.47. The summed E-state index contributed by atoms with van der Waals surface area (Å²) >= 11 is 0. The molecular weight excluding hydrogens is 269 g/mol. The second kappa shape index (κ2) is 5.48. The first-order chi connectivity index (χ1) is 9.43. The lowest BCUT2D eigenvalue weighted by Crippen LogP contribution is -2.20. The fourth-order valence-electron chi connectivity index (χ4n) is 1.95. The predicted octanol–water partition coefficient (Wildman–Crippen LogP) is 3.74. The maximum absolute atomic E-state index is 12.5. The molecule has 1 aromatic carbocycles. The number of halogens is 3. The molecule has 6 heteroatoms. The van der Waals surface area contributed by atoms with Gasteiger partial charge in [0.25, 0.3) is 0 Å². The van der Waals surface area contributed by atoms with Gasteiger partial charge in [-0.2, -0.15) is 18.3 Å². The molecule has 0 aliphatic rings. The van der Waals surface area contributed by atoms with Crippen molar-refractivity contribution in [3.63, 3.8) is 0 Å². The van der Waals surface area contributed by atoms with Gasteiger partial charge < -0.3 is 0 Å². The molecule has 2 aromatic rings. The van der Waals surface area contributed by atoms with Crippen LogP contribution in [0.1, 0.15) is 35.4 Å². The highest BCUT2D eigenvalue weighted by atomic mass is 19.4. The molecule has 0 fully saturated rings. The third kappa shape index (κ3) is 2.89. The molecule has 1 heterocycles. The lowest BCUT2D eigenvalue weighted by atomic mass is 10.0. The zero-order valence-corrected chi connectivity index (χ0v) is 10.8. The second-order valence-corrected chi connectivity index (χ2v) is 4.33. The first-order valence-electron chi connectivity index (χ1n) is 6.15. The molecule has 0 radical (unpaired) electrons. The van der Waals surface area contributed by atoms with E-state index in [0.717, 1.165) is 10.7 Å². The Morgan fingerprint density at radius 1 is 1.25 bits per heavy atom. The van der Waals surface area contributed by atoms with Crippen molar-refractivity contribution < 1.29 is 18.0 Å². The summed E-state index contributed by atoms with van der Waals surface area (Å²) in [6.45, 7) is 1.74. The Hall–Kier alpha value is -2.11. The minimum atomic E-state index is -4.50. The highest BCUT2D eigenvalue weighted by Crippen LogP contribution is 2.28. The maximum Gasteiger partial charge on any atom is 0.435 e. The van der Waals surface area contributed by atoms with Gasteiger partial charge in [-0.05, 0) is 12.5 Å². The summed E-state index contributed by atoms with van der Waals surface area (Å²) < 4.78 is 38.7. The summed E-state index contributed by atoms with van der Waals surface area (Å²) in [4.78, 5) is 12.3. The normalized spacial score (nSPS) is 13.2. The lowest BCUT2D eigenvalue weighted by molar-refractivity contribution is -0.141. The molecule has 106 valence electrons. The van der Waals surface area contributed by atoms with Gasteiger partial charge in [0.05, 0.1) is 0 Å². The van der Waals surface area contributed by atoms with Crippen LogP contribution in [0.3, 0.4) is 0 Å². The molecule has 1 aromatic heterocycles. The zero-order chi connectivity index (χ0) is 14.8. The number of carbonyl (C=O) groups is 1. The topological polar surface area (TPSA) is 34.9 Å². The summed E-state index contributed by atoms with van der Waals surface area (Å²) in [5.74, 6) is -0.245. The number of Topliss-reactive ketones (excluding diaryl/α,β-unsaturated/α-hetero) is 1. The predicted molar refractivity (Wildman–Crippen MR) is 67.3 cm³/mol. The van der Waals surface area contributed by atoms with Crippen molar-refractivity contribution in [2.45, 2.75) is 25.6 Å². The van der Waals surface area contributed by atoms with Crippen LogP contribution in [0, 0.1) is 0 Å². The third-order valence-corrected chi connectivity index (χ3v) is 2.97. The van der Waals surface area contributed by atoms with Crippen molar-refractivity contribution in [3.8, 4) is 0 Å². The maximum atomic E-state index is 12.5. The van der Waals surface area contributed by atoms with E-state index < -0.39 is 17.9 Å². The number of hydrogen-bond donors (Lipinski definition) is 0. The molecule has 3 nitrogen and oxygen atoms in total. The Labute approximate surface area is 114 Å². The smallest absolute Gasteiger partial charge is 0.292 e. The second-order valence-electron chi connectivity index (χ2n) is 4.33. The molecule has 0 saturated heterocycles. The molecule has 0 spiro atoms. The number of nitrogens with zero attached hydrogens (tertiary/aromatic N) is 2. The van der Waals surface area contributed by atoms with E-state index in [-0.39, 0.29) is 5.78 Å². The zero-order valence-electron chi connectivity index (χ0n) is 10.8. The Bertz CT molecular complexity index is 590. The van der Waals surface area contributed by atoms with Gasteiger partial charge in [0.1, 0.15) is 6.04 Å². The van der Waals surface area contributed by atoms with E-state index in [1.807, 2.05) is 0 Å². The molecule has 0 aliphatic carbocycles. The minimum Gasteiger partial charge on any atom is -0.292 e. The number of aromatic nitrogens is 2. The highest BCUT2D eigenvalue weighted by Gasteiger charge is 2.34. The first kappa shape index (κ1) is 14.3.